The molecule has 0 aliphatic rings. The van der Waals surface area contributed by atoms with Crippen LogP contribution in [0.15, 0.2) is 27.8 Å². The fourth-order valence-electron chi connectivity index (χ4n) is 2.27. The number of aryl methyl sites for hydroxylation is 2. The molecule has 0 bridgehead atoms. The Morgan fingerprint density at radius 2 is 2.05 bits per heavy atom. The molecule has 0 radical (unpaired) electrons. The first kappa shape index (κ1) is 15.5. The molecule has 0 aliphatic heterocycles. The third-order valence-corrected chi connectivity index (χ3v) is 3.82. The molecule has 6 heteroatoms. The van der Waals surface area contributed by atoms with E-state index in [0.29, 0.717) is 18.4 Å². The third kappa shape index (κ3) is 3.24. The van der Waals surface area contributed by atoms with Crippen LogP contribution in [0.2, 0.25) is 5.15 Å². The van der Waals surface area contributed by atoms with Crippen LogP contribution in [0, 0.1) is 12.7 Å². The standard InChI is InChI=1S/C15H16ClFN2O2/c1-3-12-13(16)18-15(21)19(14(12)20)7-6-10-4-5-11(17)8-9(10)2/h4-5,8H,3,6-7H2,1-2H3,(H,18,21). The average molecular weight is 311 g/mol. The number of H-pyrrole nitrogens is 1. The Bertz CT molecular complexity index is 780. The molecule has 0 atom stereocenters. The number of hydrogen-bond donors (Lipinski definition) is 1. The van der Waals surface area contributed by atoms with Crippen molar-refractivity contribution in [1.29, 1.82) is 0 Å². The molecule has 0 saturated heterocycles. The molecule has 1 heterocycles. The van der Waals surface area contributed by atoms with Gasteiger partial charge >= 0.3 is 5.69 Å². The van der Waals surface area contributed by atoms with Crippen molar-refractivity contribution in [3.05, 3.63) is 66.7 Å². The Balaban J connectivity index is 2.32. The second-order valence-corrected chi connectivity index (χ2v) is 5.23. The summed E-state index contributed by atoms with van der Waals surface area (Å²) in [5, 5.41) is 0.0988. The van der Waals surface area contributed by atoms with Crippen LogP contribution in [0.25, 0.3) is 0 Å². The van der Waals surface area contributed by atoms with E-state index in [1.54, 1.807) is 19.9 Å². The van der Waals surface area contributed by atoms with E-state index in [-0.39, 0.29) is 23.1 Å². The van der Waals surface area contributed by atoms with Crippen LogP contribution in [0.1, 0.15) is 23.6 Å². The summed E-state index contributed by atoms with van der Waals surface area (Å²) in [5.74, 6) is -0.300. The molecule has 1 aromatic carbocycles. The van der Waals surface area contributed by atoms with E-state index in [9.17, 15) is 14.0 Å². The SMILES string of the molecule is CCc1c(Cl)[nH]c(=O)n(CCc2ccc(F)cc2C)c1=O. The maximum Gasteiger partial charge on any atom is 0.329 e. The van der Waals surface area contributed by atoms with E-state index in [1.165, 1.54) is 12.1 Å². The highest BCUT2D eigenvalue weighted by Crippen LogP contribution is 2.11. The van der Waals surface area contributed by atoms with Crippen molar-refractivity contribution >= 4 is 11.6 Å². The predicted octanol–water partition coefficient (Wildman–Crippen LogP) is 2.44. The number of benzene rings is 1. The average Bonchev–Trinajstić information content (AvgIpc) is 2.40. The number of nitrogens with one attached hydrogen (secondary N) is 1. The molecule has 0 amide bonds. The molecule has 4 nitrogen and oxygen atoms in total. The quantitative estimate of drug-likeness (QED) is 0.882. The summed E-state index contributed by atoms with van der Waals surface area (Å²) in [6, 6.07) is 4.47. The van der Waals surface area contributed by atoms with Gasteiger partial charge in [0.05, 0.1) is 5.56 Å². The summed E-state index contributed by atoms with van der Waals surface area (Å²) in [5.41, 5.74) is 1.19. The molecule has 1 aromatic heterocycles. The number of hydrogen-bond acceptors (Lipinski definition) is 2. The highest BCUT2D eigenvalue weighted by Gasteiger charge is 2.11. The Morgan fingerprint density at radius 3 is 2.67 bits per heavy atom. The lowest BCUT2D eigenvalue weighted by Crippen LogP contribution is -2.37. The molecule has 0 fully saturated rings. The van der Waals surface area contributed by atoms with Gasteiger partial charge < -0.3 is 0 Å². The second kappa shape index (κ2) is 6.26. The van der Waals surface area contributed by atoms with Gasteiger partial charge in [-0.25, -0.2) is 9.18 Å². The second-order valence-electron chi connectivity index (χ2n) is 4.85. The van der Waals surface area contributed by atoms with Crippen molar-refractivity contribution in [1.82, 2.24) is 9.55 Å². The van der Waals surface area contributed by atoms with E-state index >= 15 is 0 Å². The van der Waals surface area contributed by atoms with Gasteiger partial charge in [0.1, 0.15) is 11.0 Å². The molecule has 112 valence electrons. The van der Waals surface area contributed by atoms with Gasteiger partial charge in [-0.05, 0) is 43.0 Å². The van der Waals surface area contributed by atoms with Crippen LogP contribution in [-0.4, -0.2) is 9.55 Å². The lowest BCUT2D eigenvalue weighted by Gasteiger charge is -2.09. The van der Waals surface area contributed by atoms with E-state index in [4.69, 9.17) is 11.6 Å². The van der Waals surface area contributed by atoms with Crippen molar-refractivity contribution in [2.75, 3.05) is 0 Å². The van der Waals surface area contributed by atoms with Gasteiger partial charge in [-0.2, -0.15) is 0 Å². The van der Waals surface area contributed by atoms with E-state index in [2.05, 4.69) is 4.98 Å². The molecule has 0 unspecified atom stereocenters. The Labute approximate surface area is 126 Å². The van der Waals surface area contributed by atoms with Crippen molar-refractivity contribution in [3.63, 3.8) is 0 Å². The minimum absolute atomic E-state index is 0.0988. The molecule has 2 aromatic rings. The highest BCUT2D eigenvalue weighted by molar-refractivity contribution is 6.30. The minimum atomic E-state index is -0.526. The lowest BCUT2D eigenvalue weighted by molar-refractivity contribution is 0.610. The summed E-state index contributed by atoms with van der Waals surface area (Å²) in [7, 11) is 0. The van der Waals surface area contributed by atoms with Gasteiger partial charge in [-0.3, -0.25) is 14.3 Å². The first-order chi connectivity index (χ1) is 9.93. The van der Waals surface area contributed by atoms with Gasteiger partial charge in [0, 0.05) is 6.54 Å². The third-order valence-electron chi connectivity index (χ3n) is 3.49. The van der Waals surface area contributed by atoms with E-state index in [1.807, 2.05) is 0 Å². The smallest absolute Gasteiger partial charge is 0.297 e. The van der Waals surface area contributed by atoms with Crippen LogP contribution >= 0.6 is 11.6 Å². The largest absolute Gasteiger partial charge is 0.329 e. The Hall–Kier alpha value is -1.88. The summed E-state index contributed by atoms with van der Waals surface area (Å²) < 4.78 is 14.2. The first-order valence-corrected chi connectivity index (χ1v) is 7.08. The molecule has 0 aliphatic carbocycles. The van der Waals surface area contributed by atoms with Gasteiger partial charge in [0.2, 0.25) is 0 Å². The first-order valence-electron chi connectivity index (χ1n) is 6.70. The minimum Gasteiger partial charge on any atom is -0.297 e. The predicted molar refractivity (Wildman–Crippen MR) is 80.6 cm³/mol. The van der Waals surface area contributed by atoms with E-state index in [0.717, 1.165) is 15.7 Å². The van der Waals surface area contributed by atoms with Crippen LogP contribution in [0.4, 0.5) is 4.39 Å². The fraction of sp³-hybridized carbons (Fsp3) is 0.333. The van der Waals surface area contributed by atoms with E-state index < -0.39 is 5.69 Å². The molecule has 2 rings (SSSR count). The Kier molecular flexibility index (Phi) is 4.63. The highest BCUT2D eigenvalue weighted by atomic mass is 35.5. The Morgan fingerprint density at radius 1 is 1.33 bits per heavy atom. The number of aromatic amines is 1. The maximum atomic E-state index is 13.1. The summed E-state index contributed by atoms with van der Waals surface area (Å²) in [4.78, 5) is 26.5. The van der Waals surface area contributed by atoms with Crippen LogP contribution in [-0.2, 0) is 19.4 Å². The van der Waals surface area contributed by atoms with Crippen molar-refractivity contribution in [2.45, 2.75) is 33.2 Å². The number of rotatable bonds is 4. The zero-order chi connectivity index (χ0) is 15.6. The monoisotopic (exact) mass is 310 g/mol. The summed E-state index contributed by atoms with van der Waals surface area (Å²) >= 11 is 5.86. The van der Waals surface area contributed by atoms with Crippen LogP contribution < -0.4 is 11.2 Å². The fourth-order valence-corrected chi connectivity index (χ4v) is 2.56. The van der Waals surface area contributed by atoms with Crippen molar-refractivity contribution in [2.24, 2.45) is 0 Å². The lowest BCUT2D eigenvalue weighted by atomic mass is 10.1. The zero-order valence-corrected chi connectivity index (χ0v) is 12.6. The van der Waals surface area contributed by atoms with Crippen molar-refractivity contribution < 1.29 is 4.39 Å². The molecule has 0 saturated carbocycles. The molecule has 1 N–H and O–H groups in total. The van der Waals surface area contributed by atoms with Gasteiger partial charge in [0.15, 0.2) is 0 Å². The maximum absolute atomic E-state index is 13.1. The number of nitrogens with zero attached hydrogens (tertiary/aromatic N) is 1. The number of halogens is 2. The molecular formula is C15H16ClFN2O2. The van der Waals surface area contributed by atoms with Gasteiger partial charge in [-0.15, -0.1) is 0 Å². The zero-order valence-electron chi connectivity index (χ0n) is 11.9. The molecular weight excluding hydrogens is 295 g/mol. The molecule has 0 spiro atoms. The normalized spacial score (nSPS) is 10.9. The van der Waals surface area contributed by atoms with Gasteiger partial charge in [0.25, 0.3) is 5.56 Å². The molecule has 21 heavy (non-hydrogen) atoms. The number of aromatic nitrogens is 2. The van der Waals surface area contributed by atoms with Crippen molar-refractivity contribution in [3.8, 4) is 0 Å². The van der Waals surface area contributed by atoms with Gasteiger partial charge in [-0.1, -0.05) is 24.6 Å². The van der Waals surface area contributed by atoms with Crippen LogP contribution in [0.3, 0.4) is 0 Å². The summed E-state index contributed by atoms with van der Waals surface area (Å²) in [6.45, 7) is 3.82. The topological polar surface area (TPSA) is 54.9 Å². The van der Waals surface area contributed by atoms with Crippen LogP contribution in [0.5, 0.6) is 0 Å². The summed E-state index contributed by atoms with van der Waals surface area (Å²) in [6.07, 6.45) is 0.921.